The topological polar surface area (TPSA) is 131 Å². The molecule has 204 valence electrons. The molecular formula is C24H32F3N5O5. The van der Waals surface area contributed by atoms with Gasteiger partial charge in [-0.3, -0.25) is 9.69 Å². The molecule has 2 heterocycles. The second-order valence-electron chi connectivity index (χ2n) is 8.98. The van der Waals surface area contributed by atoms with E-state index in [1.54, 1.807) is 17.0 Å². The highest BCUT2D eigenvalue weighted by Crippen LogP contribution is 2.51. The number of likely N-dealkylation sites (tertiary alicyclic amines) is 1. The van der Waals surface area contributed by atoms with Crippen LogP contribution in [0.2, 0.25) is 0 Å². The van der Waals surface area contributed by atoms with E-state index in [2.05, 4.69) is 24.9 Å². The summed E-state index contributed by atoms with van der Waals surface area (Å²) in [5.41, 5.74) is 0.860. The van der Waals surface area contributed by atoms with E-state index in [-0.39, 0.29) is 24.0 Å². The van der Waals surface area contributed by atoms with Crippen LogP contribution < -0.4 is 10.1 Å². The Morgan fingerprint density at radius 2 is 2.03 bits per heavy atom. The Hall–Kier alpha value is -3.16. The number of carboxylic acid groups (broad SMARTS) is 1. The molecule has 1 amide bonds. The number of nitrogens with zero attached hydrogens (tertiary/aromatic N) is 3. The third-order valence-electron chi connectivity index (χ3n) is 6.48. The molecule has 1 aliphatic carbocycles. The summed E-state index contributed by atoms with van der Waals surface area (Å²) in [6.07, 6.45) is -2.11. The number of aromatic carboxylic acids is 1. The molecule has 4 N–H and O–H groups in total. The number of nitrogens with one attached hydrogen (secondary N) is 2. The monoisotopic (exact) mass is 527 g/mol. The first-order chi connectivity index (χ1) is 17.6. The fraction of sp³-hybridized carbons (Fsp3) is 0.542. The minimum Gasteiger partial charge on any atom is -0.477 e. The van der Waals surface area contributed by atoms with Crippen molar-refractivity contribution in [1.82, 2.24) is 25.1 Å². The molecule has 0 spiro atoms. The zero-order valence-corrected chi connectivity index (χ0v) is 20.4. The Labute approximate surface area is 212 Å². The van der Waals surface area contributed by atoms with Crippen molar-refractivity contribution in [2.75, 3.05) is 45.9 Å². The van der Waals surface area contributed by atoms with E-state index in [1.807, 2.05) is 6.92 Å². The summed E-state index contributed by atoms with van der Waals surface area (Å²) in [5, 5.41) is 20.5. The maximum Gasteiger partial charge on any atom is 0.573 e. The quantitative estimate of drug-likeness (QED) is 0.348. The first-order valence-electron chi connectivity index (χ1n) is 12.0. The van der Waals surface area contributed by atoms with E-state index >= 15 is 0 Å². The number of imidazole rings is 1. The molecular weight excluding hydrogens is 495 g/mol. The smallest absolute Gasteiger partial charge is 0.477 e. The van der Waals surface area contributed by atoms with E-state index in [0.717, 1.165) is 25.2 Å². The van der Waals surface area contributed by atoms with Gasteiger partial charge in [-0.25, -0.2) is 9.78 Å². The number of aliphatic hydroxyl groups excluding tert-OH is 1. The van der Waals surface area contributed by atoms with Crippen molar-refractivity contribution >= 4 is 11.9 Å². The largest absolute Gasteiger partial charge is 0.573 e. The number of fused-ring (bicyclic) bond motifs is 1. The number of hydrogen-bond acceptors (Lipinski definition) is 7. The van der Waals surface area contributed by atoms with Crippen LogP contribution in [0.15, 0.2) is 36.8 Å². The second-order valence-corrected chi connectivity index (χ2v) is 8.98. The number of carboxylic acids is 1. The lowest BCUT2D eigenvalue weighted by atomic mass is 10.2. The van der Waals surface area contributed by atoms with Gasteiger partial charge in [0.15, 0.2) is 0 Å². The minimum atomic E-state index is -4.68. The van der Waals surface area contributed by atoms with Gasteiger partial charge in [-0.15, -0.1) is 13.2 Å². The summed E-state index contributed by atoms with van der Waals surface area (Å²) < 4.78 is 40.9. The van der Waals surface area contributed by atoms with Crippen molar-refractivity contribution in [3.8, 4) is 5.75 Å². The minimum absolute atomic E-state index is 0.0240. The SMILES string of the molecule is CCN(CCO)C(=O)CN1CC2C(CNCc3cccc(OC(F)(F)F)c3)C2C1.O=C(O)c1cnc[nH]1. The van der Waals surface area contributed by atoms with E-state index in [4.69, 9.17) is 10.2 Å². The number of aromatic amines is 1. The molecule has 0 bridgehead atoms. The van der Waals surface area contributed by atoms with E-state index in [1.165, 1.54) is 24.7 Å². The highest BCUT2D eigenvalue weighted by atomic mass is 19.4. The van der Waals surface area contributed by atoms with Gasteiger partial charge in [-0.05, 0) is 48.9 Å². The van der Waals surface area contributed by atoms with Crippen molar-refractivity contribution in [2.24, 2.45) is 17.8 Å². The van der Waals surface area contributed by atoms with Gasteiger partial charge in [0.05, 0.1) is 25.7 Å². The summed E-state index contributed by atoms with van der Waals surface area (Å²) in [4.78, 5) is 32.0. The van der Waals surface area contributed by atoms with Crippen LogP contribution >= 0.6 is 0 Å². The third-order valence-corrected chi connectivity index (χ3v) is 6.48. The number of hydrogen-bond donors (Lipinski definition) is 4. The predicted octanol–water partition coefficient (Wildman–Crippen LogP) is 1.80. The van der Waals surface area contributed by atoms with Crippen molar-refractivity contribution in [3.63, 3.8) is 0 Å². The summed E-state index contributed by atoms with van der Waals surface area (Å²) in [6, 6.07) is 6.00. The third kappa shape index (κ3) is 8.72. The molecule has 1 aromatic carbocycles. The average Bonchev–Trinajstić information content (AvgIpc) is 3.21. The van der Waals surface area contributed by atoms with Gasteiger partial charge in [-0.2, -0.15) is 0 Å². The van der Waals surface area contributed by atoms with Crippen LogP contribution in [-0.2, 0) is 11.3 Å². The summed E-state index contributed by atoms with van der Waals surface area (Å²) in [6.45, 7) is 6.34. The molecule has 1 saturated carbocycles. The van der Waals surface area contributed by atoms with Crippen LogP contribution in [0.4, 0.5) is 13.2 Å². The summed E-state index contributed by atoms with van der Waals surface area (Å²) in [7, 11) is 0. The zero-order valence-electron chi connectivity index (χ0n) is 20.4. The molecule has 0 radical (unpaired) electrons. The van der Waals surface area contributed by atoms with Crippen LogP contribution in [0.1, 0.15) is 23.0 Å². The number of ether oxygens (including phenoxy) is 1. The van der Waals surface area contributed by atoms with E-state index < -0.39 is 12.3 Å². The van der Waals surface area contributed by atoms with Gasteiger partial charge in [-0.1, -0.05) is 12.1 Å². The molecule has 2 aromatic rings. The zero-order chi connectivity index (χ0) is 27.0. The summed E-state index contributed by atoms with van der Waals surface area (Å²) >= 11 is 0. The predicted molar refractivity (Wildman–Crippen MR) is 127 cm³/mol. The molecule has 1 aromatic heterocycles. The Kier molecular flexibility index (Phi) is 9.89. The van der Waals surface area contributed by atoms with Gasteiger partial charge in [0.2, 0.25) is 5.91 Å². The number of alkyl halides is 3. The molecule has 2 atom stereocenters. The second kappa shape index (κ2) is 12.9. The first-order valence-corrected chi connectivity index (χ1v) is 12.0. The molecule has 10 nitrogen and oxygen atoms in total. The number of aromatic nitrogens is 2. The number of likely N-dealkylation sites (N-methyl/N-ethyl adjacent to an activating group) is 1. The highest BCUT2D eigenvalue weighted by molar-refractivity contribution is 5.84. The molecule has 4 rings (SSSR count). The Balaban J connectivity index is 0.000000405. The van der Waals surface area contributed by atoms with Gasteiger partial charge >= 0.3 is 12.3 Å². The number of carbonyl (C=O) groups is 2. The normalized spacial score (nSPS) is 20.5. The molecule has 2 unspecified atom stereocenters. The standard InChI is InChI=1S/C20H28F3N3O3.C4H4N2O2/c1-2-26(6-7-27)19(28)13-25-11-17-16(18(17)12-25)10-24-9-14-4-3-5-15(8-14)29-20(21,22)23;7-4(8)3-1-5-2-6-3/h3-5,8,16-18,24,27H,2,6-7,9-13H2,1H3;1-2H,(H,5,6)(H,7,8). The van der Waals surface area contributed by atoms with Crippen LogP contribution in [0.25, 0.3) is 0 Å². The molecule has 37 heavy (non-hydrogen) atoms. The molecule has 2 fully saturated rings. The fourth-order valence-corrected chi connectivity index (χ4v) is 4.65. The van der Waals surface area contributed by atoms with Crippen LogP contribution in [-0.4, -0.2) is 94.1 Å². The number of amides is 1. The fourth-order valence-electron chi connectivity index (χ4n) is 4.65. The number of aliphatic hydroxyl groups is 1. The van der Waals surface area contributed by atoms with E-state index in [9.17, 15) is 22.8 Å². The van der Waals surface area contributed by atoms with Crippen molar-refractivity contribution < 1.29 is 37.7 Å². The number of halogens is 3. The van der Waals surface area contributed by atoms with Crippen LogP contribution in [0, 0.1) is 17.8 Å². The number of benzene rings is 1. The molecule has 1 aliphatic heterocycles. The average molecular weight is 528 g/mol. The van der Waals surface area contributed by atoms with Gasteiger partial charge in [0.25, 0.3) is 0 Å². The molecule has 13 heteroatoms. The lowest BCUT2D eigenvalue weighted by molar-refractivity contribution is -0.274. The van der Waals surface area contributed by atoms with Crippen molar-refractivity contribution in [3.05, 3.63) is 48.0 Å². The Morgan fingerprint density at radius 1 is 1.30 bits per heavy atom. The maximum atomic E-state index is 12.3. The highest BCUT2D eigenvalue weighted by Gasteiger charge is 2.55. The number of rotatable bonds is 11. The lowest BCUT2D eigenvalue weighted by Gasteiger charge is -2.24. The van der Waals surface area contributed by atoms with Crippen molar-refractivity contribution in [2.45, 2.75) is 19.8 Å². The lowest BCUT2D eigenvalue weighted by Crippen LogP contribution is -2.41. The van der Waals surface area contributed by atoms with Gasteiger partial charge in [0, 0.05) is 32.7 Å². The number of H-pyrrole nitrogens is 1. The summed E-state index contributed by atoms with van der Waals surface area (Å²) in [5.74, 6) is 0.561. The molecule has 1 saturated heterocycles. The van der Waals surface area contributed by atoms with Gasteiger partial charge < -0.3 is 30.2 Å². The van der Waals surface area contributed by atoms with Crippen LogP contribution in [0.5, 0.6) is 5.75 Å². The molecule has 2 aliphatic rings. The number of piperidine rings is 1. The van der Waals surface area contributed by atoms with Gasteiger partial charge in [0.1, 0.15) is 11.4 Å². The van der Waals surface area contributed by atoms with E-state index in [0.29, 0.717) is 43.9 Å². The van der Waals surface area contributed by atoms with Crippen molar-refractivity contribution in [1.29, 1.82) is 0 Å². The van der Waals surface area contributed by atoms with Crippen LogP contribution in [0.3, 0.4) is 0 Å². The first kappa shape index (κ1) is 28.4. The Morgan fingerprint density at radius 3 is 2.57 bits per heavy atom. The maximum absolute atomic E-state index is 12.3. The Bertz CT molecular complexity index is 1010. The number of carbonyl (C=O) groups excluding carboxylic acids is 1.